The number of aromatic nitrogens is 6. The van der Waals surface area contributed by atoms with E-state index < -0.39 is 0 Å². The molecule has 4 rings (SSSR count). The van der Waals surface area contributed by atoms with Gasteiger partial charge in [-0.05, 0) is 42.3 Å². The molecule has 0 atom stereocenters. The first-order chi connectivity index (χ1) is 13.7. The summed E-state index contributed by atoms with van der Waals surface area (Å²) in [5, 5.41) is 17.1. The summed E-state index contributed by atoms with van der Waals surface area (Å²) < 4.78 is 1.49. The highest BCUT2D eigenvalue weighted by Crippen LogP contribution is 2.20. The van der Waals surface area contributed by atoms with Crippen LogP contribution in [0.15, 0.2) is 58.3 Å². The highest BCUT2D eigenvalue weighted by Gasteiger charge is 2.12. The van der Waals surface area contributed by atoms with Gasteiger partial charge in [0.1, 0.15) is 0 Å². The third-order valence-corrected chi connectivity index (χ3v) is 4.53. The Kier molecular flexibility index (Phi) is 4.67. The van der Waals surface area contributed by atoms with Crippen molar-refractivity contribution in [1.29, 1.82) is 0 Å². The number of nitrogens with zero attached hydrogens (tertiary/aromatic N) is 5. The Morgan fingerprint density at radius 2 is 2.04 bits per heavy atom. The van der Waals surface area contributed by atoms with Gasteiger partial charge >= 0.3 is 0 Å². The minimum Gasteiger partial charge on any atom is -0.295 e. The van der Waals surface area contributed by atoms with Gasteiger partial charge in [-0.2, -0.15) is 5.21 Å². The van der Waals surface area contributed by atoms with Crippen LogP contribution < -0.4 is 5.56 Å². The van der Waals surface area contributed by atoms with Gasteiger partial charge in [0.05, 0.1) is 16.9 Å². The molecule has 0 spiro atoms. The lowest BCUT2D eigenvalue weighted by molar-refractivity contribution is 0.835. The number of hydrogen-bond donors (Lipinski definition) is 2. The molecule has 8 heteroatoms. The second-order valence-electron chi connectivity index (χ2n) is 6.32. The van der Waals surface area contributed by atoms with E-state index in [1.807, 2.05) is 55.5 Å². The summed E-state index contributed by atoms with van der Waals surface area (Å²) in [4.78, 5) is 17.5. The monoisotopic (exact) mass is 373 g/mol. The quantitative estimate of drug-likeness (QED) is 0.525. The minimum atomic E-state index is -0.166. The number of hydrogen-bond acceptors (Lipinski definition) is 5. The topological polar surface area (TPSA) is 105 Å². The molecule has 0 saturated heterocycles. The molecule has 0 bridgehead atoms. The van der Waals surface area contributed by atoms with Gasteiger partial charge in [-0.1, -0.05) is 37.3 Å². The molecule has 2 heterocycles. The summed E-state index contributed by atoms with van der Waals surface area (Å²) in [7, 11) is 0. The van der Waals surface area contributed by atoms with E-state index in [9.17, 15) is 4.79 Å². The third kappa shape index (κ3) is 3.27. The van der Waals surface area contributed by atoms with Crippen molar-refractivity contribution < 1.29 is 0 Å². The molecular weight excluding hydrogens is 354 g/mol. The third-order valence-electron chi connectivity index (χ3n) is 4.53. The summed E-state index contributed by atoms with van der Waals surface area (Å²) in [6.07, 6.45) is 2.51. The average molecular weight is 373 g/mol. The zero-order valence-corrected chi connectivity index (χ0v) is 15.5. The maximum Gasteiger partial charge on any atom is 0.280 e. The van der Waals surface area contributed by atoms with Crippen molar-refractivity contribution >= 4 is 11.9 Å². The van der Waals surface area contributed by atoms with E-state index in [0.29, 0.717) is 17.1 Å². The Morgan fingerprint density at radius 1 is 1.18 bits per heavy atom. The molecule has 0 radical (unpaired) electrons. The largest absolute Gasteiger partial charge is 0.295 e. The summed E-state index contributed by atoms with van der Waals surface area (Å²) in [5.41, 5.74) is 4.56. The number of benzene rings is 2. The van der Waals surface area contributed by atoms with Crippen molar-refractivity contribution in [2.45, 2.75) is 20.3 Å². The molecule has 28 heavy (non-hydrogen) atoms. The molecule has 0 fully saturated rings. The average Bonchev–Trinajstić information content (AvgIpc) is 3.36. The fourth-order valence-electron chi connectivity index (χ4n) is 3.03. The SMILES string of the molecule is CCc1ccccc1N=Cc1c(C)[nH]n(-c2cccc(-c3nn[nH]n3)c2)c1=O. The van der Waals surface area contributed by atoms with Crippen LogP contribution in [0.25, 0.3) is 17.1 Å². The van der Waals surface area contributed by atoms with Crippen LogP contribution in [0.4, 0.5) is 5.69 Å². The first-order valence-corrected chi connectivity index (χ1v) is 8.95. The van der Waals surface area contributed by atoms with Crippen molar-refractivity contribution in [3.8, 4) is 17.1 Å². The maximum atomic E-state index is 13.0. The van der Waals surface area contributed by atoms with E-state index in [2.05, 4.69) is 37.6 Å². The van der Waals surface area contributed by atoms with E-state index in [-0.39, 0.29) is 5.56 Å². The van der Waals surface area contributed by atoms with Gasteiger partial charge in [0.2, 0.25) is 5.82 Å². The minimum absolute atomic E-state index is 0.166. The number of nitrogens with one attached hydrogen (secondary N) is 2. The summed E-state index contributed by atoms with van der Waals surface area (Å²) in [6.45, 7) is 3.94. The molecule has 0 amide bonds. The van der Waals surface area contributed by atoms with E-state index in [4.69, 9.17) is 0 Å². The number of tetrazole rings is 1. The van der Waals surface area contributed by atoms with E-state index in [0.717, 1.165) is 28.9 Å². The van der Waals surface area contributed by atoms with Gasteiger partial charge in [0.25, 0.3) is 5.56 Å². The van der Waals surface area contributed by atoms with Gasteiger partial charge in [-0.3, -0.25) is 14.9 Å². The highest BCUT2D eigenvalue weighted by molar-refractivity contribution is 5.83. The van der Waals surface area contributed by atoms with Crippen molar-refractivity contribution in [3.63, 3.8) is 0 Å². The van der Waals surface area contributed by atoms with Gasteiger partial charge < -0.3 is 0 Å². The number of H-pyrrole nitrogens is 2. The van der Waals surface area contributed by atoms with Crippen molar-refractivity contribution in [2.75, 3.05) is 0 Å². The first-order valence-electron chi connectivity index (χ1n) is 8.95. The van der Waals surface area contributed by atoms with Crippen molar-refractivity contribution in [2.24, 2.45) is 4.99 Å². The molecule has 0 aliphatic rings. The number of aryl methyl sites for hydroxylation is 2. The molecular formula is C20H19N7O. The molecule has 0 aliphatic heterocycles. The number of aliphatic imine (C=N–C) groups is 1. The van der Waals surface area contributed by atoms with E-state index in [1.54, 1.807) is 6.21 Å². The van der Waals surface area contributed by atoms with Gasteiger partial charge in [0, 0.05) is 17.5 Å². The molecule has 2 N–H and O–H groups in total. The van der Waals surface area contributed by atoms with Gasteiger partial charge in [-0.25, -0.2) is 4.68 Å². The van der Waals surface area contributed by atoms with Crippen LogP contribution >= 0.6 is 0 Å². The lowest BCUT2D eigenvalue weighted by Crippen LogP contribution is -2.17. The predicted molar refractivity (Wildman–Crippen MR) is 107 cm³/mol. The zero-order chi connectivity index (χ0) is 19.5. The lowest BCUT2D eigenvalue weighted by Gasteiger charge is -2.03. The maximum absolute atomic E-state index is 13.0. The Balaban J connectivity index is 1.72. The smallest absolute Gasteiger partial charge is 0.280 e. The van der Waals surface area contributed by atoms with E-state index in [1.165, 1.54) is 4.68 Å². The summed E-state index contributed by atoms with van der Waals surface area (Å²) >= 11 is 0. The molecule has 0 aliphatic carbocycles. The molecule has 4 aromatic rings. The van der Waals surface area contributed by atoms with Crippen LogP contribution in [0.5, 0.6) is 0 Å². The zero-order valence-electron chi connectivity index (χ0n) is 15.5. The van der Waals surface area contributed by atoms with Crippen LogP contribution in [-0.4, -0.2) is 36.6 Å². The second-order valence-corrected chi connectivity index (χ2v) is 6.32. The second kappa shape index (κ2) is 7.43. The fourth-order valence-corrected chi connectivity index (χ4v) is 3.03. The molecule has 8 nitrogen and oxygen atoms in total. The number of aromatic amines is 2. The van der Waals surface area contributed by atoms with Crippen LogP contribution in [0.1, 0.15) is 23.7 Å². The first kappa shape index (κ1) is 17.6. The Bertz CT molecular complexity index is 1190. The van der Waals surface area contributed by atoms with Crippen LogP contribution in [0.3, 0.4) is 0 Å². The van der Waals surface area contributed by atoms with Gasteiger partial charge in [0.15, 0.2) is 0 Å². The van der Waals surface area contributed by atoms with Crippen LogP contribution in [0, 0.1) is 6.92 Å². The Labute approximate surface area is 160 Å². The van der Waals surface area contributed by atoms with Crippen LogP contribution in [-0.2, 0) is 6.42 Å². The van der Waals surface area contributed by atoms with Crippen molar-refractivity contribution in [1.82, 2.24) is 30.4 Å². The number of rotatable bonds is 5. The number of para-hydroxylation sites is 1. The van der Waals surface area contributed by atoms with Crippen molar-refractivity contribution in [3.05, 3.63) is 75.7 Å². The molecule has 2 aromatic carbocycles. The van der Waals surface area contributed by atoms with Crippen LogP contribution in [0.2, 0.25) is 0 Å². The Morgan fingerprint density at radius 3 is 2.82 bits per heavy atom. The lowest BCUT2D eigenvalue weighted by atomic mass is 10.1. The summed E-state index contributed by atoms with van der Waals surface area (Å²) in [5.74, 6) is 0.469. The molecule has 0 unspecified atom stereocenters. The summed E-state index contributed by atoms with van der Waals surface area (Å²) in [6, 6.07) is 15.3. The van der Waals surface area contributed by atoms with E-state index >= 15 is 0 Å². The van der Waals surface area contributed by atoms with Gasteiger partial charge in [-0.15, -0.1) is 10.2 Å². The molecule has 140 valence electrons. The standard InChI is InChI=1S/C20H19N7O/c1-3-14-7-4-5-10-18(14)21-12-17-13(2)24-27(20(17)28)16-9-6-8-15(11-16)19-22-25-26-23-19/h4-12,24H,3H2,1-2H3,(H,22,23,25,26). The predicted octanol–water partition coefficient (Wildman–Crippen LogP) is 2.97. The molecule has 0 saturated carbocycles. The highest BCUT2D eigenvalue weighted by atomic mass is 16.1. The Hall–Kier alpha value is -3.81. The fraction of sp³-hybridized carbons (Fsp3) is 0.150. The molecule has 2 aromatic heterocycles. The normalized spacial score (nSPS) is 11.4.